The first kappa shape index (κ1) is 15.8. The Labute approximate surface area is 128 Å². The number of benzene rings is 1. The smallest absolute Gasteiger partial charge is 0.190 e. The summed E-state index contributed by atoms with van der Waals surface area (Å²) in [6.45, 7) is 1.94. The number of hydrogen-bond acceptors (Lipinski definition) is 6. The van der Waals surface area contributed by atoms with Crippen LogP contribution in [0.5, 0.6) is 11.5 Å². The third kappa shape index (κ3) is 2.47. The molecule has 2 rings (SSSR count). The molecule has 0 bridgehead atoms. The molecule has 0 spiro atoms. The first-order valence-electron chi connectivity index (χ1n) is 6.86. The third-order valence-corrected chi connectivity index (χ3v) is 3.46. The summed E-state index contributed by atoms with van der Waals surface area (Å²) in [6.07, 6.45) is 3.65. The molecular weight excluding hydrogens is 286 g/mol. The second-order valence-electron chi connectivity index (χ2n) is 4.77. The van der Waals surface area contributed by atoms with E-state index in [0.717, 1.165) is 6.42 Å². The lowest BCUT2D eigenvalue weighted by molar-refractivity contribution is 0.0989. The number of hydrogen-bond donors (Lipinski definition) is 1. The molecule has 0 atom stereocenters. The summed E-state index contributed by atoms with van der Waals surface area (Å²) >= 11 is 0. The Morgan fingerprint density at radius 1 is 1.14 bits per heavy atom. The van der Waals surface area contributed by atoms with E-state index < -0.39 is 0 Å². The van der Waals surface area contributed by atoms with Crippen molar-refractivity contribution in [1.82, 2.24) is 0 Å². The Hall–Kier alpha value is -2.63. The number of ether oxygens (including phenoxy) is 2. The van der Waals surface area contributed by atoms with Gasteiger partial charge in [0.2, 0.25) is 0 Å². The molecule has 0 unspecified atom stereocenters. The number of rotatable bonds is 5. The lowest BCUT2D eigenvalue weighted by Gasteiger charge is -2.20. The fourth-order valence-electron chi connectivity index (χ4n) is 2.50. The molecule has 1 aliphatic carbocycles. The van der Waals surface area contributed by atoms with Crippen molar-refractivity contribution in [3.63, 3.8) is 0 Å². The SMILES string of the molecule is CCCC(=NO)c1cc(OC)c2c(c1OC)C(=O)C=CC2=O. The molecule has 6 nitrogen and oxygen atoms in total. The van der Waals surface area contributed by atoms with Gasteiger partial charge in [-0.15, -0.1) is 0 Å². The molecule has 0 fully saturated rings. The van der Waals surface area contributed by atoms with Gasteiger partial charge in [0.15, 0.2) is 11.6 Å². The minimum absolute atomic E-state index is 0.140. The Balaban J connectivity index is 2.81. The molecule has 22 heavy (non-hydrogen) atoms. The number of oxime groups is 1. The first-order chi connectivity index (χ1) is 10.6. The highest BCUT2D eigenvalue weighted by atomic mass is 16.5. The van der Waals surface area contributed by atoms with Gasteiger partial charge in [0, 0.05) is 5.56 Å². The van der Waals surface area contributed by atoms with E-state index in [1.54, 1.807) is 6.07 Å². The maximum Gasteiger partial charge on any atom is 0.190 e. The Morgan fingerprint density at radius 3 is 2.27 bits per heavy atom. The normalized spacial score (nSPS) is 14.0. The number of ketones is 2. The van der Waals surface area contributed by atoms with Gasteiger partial charge in [-0.3, -0.25) is 9.59 Å². The average molecular weight is 303 g/mol. The molecule has 0 saturated carbocycles. The Bertz CT molecular complexity index is 688. The van der Waals surface area contributed by atoms with Gasteiger partial charge in [-0.05, 0) is 24.6 Å². The zero-order valence-electron chi connectivity index (χ0n) is 12.7. The summed E-state index contributed by atoms with van der Waals surface area (Å²) in [5, 5.41) is 12.5. The maximum absolute atomic E-state index is 12.2. The van der Waals surface area contributed by atoms with Gasteiger partial charge in [0.05, 0.1) is 31.1 Å². The summed E-state index contributed by atoms with van der Waals surface area (Å²) in [6, 6.07) is 1.56. The van der Waals surface area contributed by atoms with Crippen LogP contribution < -0.4 is 9.47 Å². The fraction of sp³-hybridized carbons (Fsp3) is 0.312. The molecule has 0 aromatic heterocycles. The quantitative estimate of drug-likeness (QED) is 0.513. The van der Waals surface area contributed by atoms with Crippen LogP contribution in [0.1, 0.15) is 46.0 Å². The van der Waals surface area contributed by atoms with Gasteiger partial charge in [0.25, 0.3) is 0 Å². The van der Waals surface area contributed by atoms with Crippen molar-refractivity contribution < 1.29 is 24.3 Å². The van der Waals surface area contributed by atoms with E-state index in [1.165, 1.54) is 26.4 Å². The van der Waals surface area contributed by atoms with Gasteiger partial charge in [-0.2, -0.15) is 0 Å². The van der Waals surface area contributed by atoms with Crippen LogP contribution in [0.2, 0.25) is 0 Å². The third-order valence-electron chi connectivity index (χ3n) is 3.46. The maximum atomic E-state index is 12.2. The van der Waals surface area contributed by atoms with E-state index in [4.69, 9.17) is 9.47 Å². The standard InChI is InChI=1S/C16H17NO5/c1-4-5-10(17-20)9-8-13(21-2)14-11(18)6-7-12(19)15(14)16(9)22-3/h6-8,20H,4-5H2,1-3H3. The molecule has 0 radical (unpaired) electrons. The Morgan fingerprint density at radius 2 is 1.77 bits per heavy atom. The lowest BCUT2D eigenvalue weighted by Crippen LogP contribution is -2.17. The lowest BCUT2D eigenvalue weighted by atomic mass is 9.89. The minimum atomic E-state index is -0.347. The van der Waals surface area contributed by atoms with Crippen LogP contribution in [-0.2, 0) is 0 Å². The second kappa shape index (κ2) is 6.43. The highest BCUT2D eigenvalue weighted by Gasteiger charge is 2.30. The zero-order chi connectivity index (χ0) is 16.3. The molecular formula is C16H17NO5. The molecule has 0 aliphatic heterocycles. The van der Waals surface area contributed by atoms with E-state index in [0.29, 0.717) is 17.7 Å². The molecule has 116 valence electrons. The molecule has 1 aromatic rings. The Kier molecular flexibility index (Phi) is 4.60. The van der Waals surface area contributed by atoms with Gasteiger partial charge in [-0.1, -0.05) is 18.5 Å². The zero-order valence-corrected chi connectivity index (χ0v) is 12.7. The van der Waals surface area contributed by atoms with E-state index in [1.807, 2.05) is 6.92 Å². The van der Waals surface area contributed by atoms with Crippen LogP contribution in [0.3, 0.4) is 0 Å². The highest BCUT2D eigenvalue weighted by molar-refractivity contribution is 6.25. The van der Waals surface area contributed by atoms with Gasteiger partial charge >= 0.3 is 0 Å². The predicted octanol–water partition coefficient (Wildman–Crippen LogP) is 2.62. The predicted molar refractivity (Wildman–Crippen MR) is 80.6 cm³/mol. The topological polar surface area (TPSA) is 85.2 Å². The number of nitrogens with zero attached hydrogens (tertiary/aromatic N) is 1. The summed E-state index contributed by atoms with van der Waals surface area (Å²) in [7, 11) is 2.82. The van der Waals surface area contributed by atoms with E-state index in [9.17, 15) is 14.8 Å². The highest BCUT2D eigenvalue weighted by Crippen LogP contribution is 2.38. The summed E-state index contributed by atoms with van der Waals surface area (Å²) < 4.78 is 10.6. The van der Waals surface area contributed by atoms with E-state index in [2.05, 4.69) is 5.16 Å². The van der Waals surface area contributed by atoms with Crippen molar-refractivity contribution in [3.8, 4) is 11.5 Å². The number of carbonyl (C=O) groups is 2. The first-order valence-corrected chi connectivity index (χ1v) is 6.86. The van der Waals surface area contributed by atoms with Crippen molar-refractivity contribution in [2.45, 2.75) is 19.8 Å². The van der Waals surface area contributed by atoms with Crippen LogP contribution in [-0.4, -0.2) is 36.7 Å². The van der Waals surface area contributed by atoms with Crippen LogP contribution >= 0.6 is 0 Å². The molecule has 1 N–H and O–H groups in total. The van der Waals surface area contributed by atoms with Crippen LogP contribution in [0, 0.1) is 0 Å². The second-order valence-corrected chi connectivity index (χ2v) is 4.77. The van der Waals surface area contributed by atoms with E-state index in [-0.39, 0.29) is 34.2 Å². The van der Waals surface area contributed by atoms with Crippen LogP contribution in [0.25, 0.3) is 0 Å². The fourth-order valence-corrected chi connectivity index (χ4v) is 2.50. The molecule has 6 heteroatoms. The monoisotopic (exact) mass is 303 g/mol. The van der Waals surface area contributed by atoms with Gasteiger partial charge in [-0.25, -0.2) is 0 Å². The van der Waals surface area contributed by atoms with Crippen LogP contribution in [0.4, 0.5) is 0 Å². The van der Waals surface area contributed by atoms with Gasteiger partial charge < -0.3 is 14.7 Å². The number of methoxy groups -OCH3 is 2. The number of carbonyl (C=O) groups excluding carboxylic acids is 2. The van der Waals surface area contributed by atoms with Crippen molar-refractivity contribution in [2.24, 2.45) is 5.16 Å². The van der Waals surface area contributed by atoms with Crippen molar-refractivity contribution >= 4 is 17.3 Å². The van der Waals surface area contributed by atoms with Crippen molar-refractivity contribution in [1.29, 1.82) is 0 Å². The number of allylic oxidation sites excluding steroid dienone is 2. The molecule has 0 amide bonds. The van der Waals surface area contributed by atoms with Crippen molar-refractivity contribution in [3.05, 3.63) is 34.9 Å². The average Bonchev–Trinajstić information content (AvgIpc) is 2.54. The van der Waals surface area contributed by atoms with E-state index >= 15 is 0 Å². The summed E-state index contributed by atoms with van der Waals surface area (Å²) in [4.78, 5) is 24.3. The summed E-state index contributed by atoms with van der Waals surface area (Å²) in [5.74, 6) is -0.194. The van der Waals surface area contributed by atoms with Crippen molar-refractivity contribution in [2.75, 3.05) is 14.2 Å². The van der Waals surface area contributed by atoms with Crippen LogP contribution in [0.15, 0.2) is 23.4 Å². The molecule has 1 aromatic carbocycles. The minimum Gasteiger partial charge on any atom is -0.496 e. The number of fused-ring (bicyclic) bond motifs is 1. The molecule has 0 saturated heterocycles. The molecule has 1 aliphatic rings. The van der Waals surface area contributed by atoms with Gasteiger partial charge in [0.1, 0.15) is 11.5 Å². The largest absolute Gasteiger partial charge is 0.496 e. The summed E-state index contributed by atoms with van der Waals surface area (Å²) in [5.41, 5.74) is 1.13. The molecule has 0 heterocycles.